The highest BCUT2D eigenvalue weighted by atomic mass is 16.5. The van der Waals surface area contributed by atoms with Gasteiger partial charge in [-0.1, -0.05) is 35.5 Å². The van der Waals surface area contributed by atoms with Crippen LogP contribution in [-0.4, -0.2) is 23.9 Å². The Hall–Kier alpha value is -1.72. The van der Waals surface area contributed by atoms with Crippen LogP contribution in [0.2, 0.25) is 0 Å². The largest absolute Gasteiger partial charge is 0.384 e. The van der Waals surface area contributed by atoms with Crippen LogP contribution in [0.15, 0.2) is 34.9 Å². The first-order chi connectivity index (χ1) is 8.31. The fourth-order valence-corrected chi connectivity index (χ4v) is 1.49. The van der Waals surface area contributed by atoms with Gasteiger partial charge in [0.25, 0.3) is 0 Å². The van der Waals surface area contributed by atoms with Gasteiger partial charge < -0.3 is 15.0 Å². The predicted octanol–water partition coefficient (Wildman–Crippen LogP) is 1.31. The lowest BCUT2D eigenvalue weighted by Crippen LogP contribution is -2.12. The molecule has 1 aromatic heterocycles. The van der Waals surface area contributed by atoms with Gasteiger partial charge in [0.1, 0.15) is 6.04 Å². The number of hydrogen-bond acceptors (Lipinski definition) is 5. The van der Waals surface area contributed by atoms with E-state index < -0.39 is 0 Å². The van der Waals surface area contributed by atoms with Gasteiger partial charge in [-0.3, -0.25) is 0 Å². The third-order valence-corrected chi connectivity index (χ3v) is 2.44. The van der Waals surface area contributed by atoms with Crippen molar-refractivity contribution in [2.75, 3.05) is 13.7 Å². The Balaban J connectivity index is 2.09. The second-order valence-corrected chi connectivity index (χ2v) is 3.68. The molecule has 0 fully saturated rings. The van der Waals surface area contributed by atoms with Crippen LogP contribution >= 0.6 is 0 Å². The Morgan fingerprint density at radius 2 is 2.12 bits per heavy atom. The summed E-state index contributed by atoms with van der Waals surface area (Å²) in [7, 11) is 1.64. The van der Waals surface area contributed by atoms with Gasteiger partial charge >= 0.3 is 0 Å². The molecule has 0 aliphatic rings. The SMILES string of the molecule is COCCc1noc([C@@H](N)c2ccccc2)n1. The fraction of sp³-hybridized carbons (Fsp3) is 0.333. The maximum Gasteiger partial charge on any atom is 0.248 e. The highest BCUT2D eigenvalue weighted by Gasteiger charge is 2.16. The van der Waals surface area contributed by atoms with Crippen LogP contribution in [0.1, 0.15) is 23.3 Å². The number of nitrogens with two attached hydrogens (primary N) is 1. The zero-order valence-electron chi connectivity index (χ0n) is 9.67. The van der Waals surface area contributed by atoms with Crippen molar-refractivity contribution < 1.29 is 9.26 Å². The second kappa shape index (κ2) is 5.56. The summed E-state index contributed by atoms with van der Waals surface area (Å²) in [6, 6.07) is 9.29. The molecule has 0 saturated carbocycles. The molecule has 0 aliphatic heterocycles. The molecule has 2 aromatic rings. The van der Waals surface area contributed by atoms with Gasteiger partial charge in [-0.15, -0.1) is 0 Å². The highest BCUT2D eigenvalue weighted by molar-refractivity contribution is 5.22. The highest BCUT2D eigenvalue weighted by Crippen LogP contribution is 2.17. The smallest absolute Gasteiger partial charge is 0.248 e. The molecule has 0 unspecified atom stereocenters. The van der Waals surface area contributed by atoms with E-state index in [1.54, 1.807) is 7.11 Å². The summed E-state index contributed by atoms with van der Waals surface area (Å²) < 4.78 is 10.1. The van der Waals surface area contributed by atoms with E-state index in [-0.39, 0.29) is 6.04 Å². The molecule has 1 heterocycles. The Morgan fingerprint density at radius 3 is 2.82 bits per heavy atom. The normalized spacial score (nSPS) is 12.6. The van der Waals surface area contributed by atoms with E-state index in [0.717, 1.165) is 5.56 Å². The van der Waals surface area contributed by atoms with Crippen molar-refractivity contribution >= 4 is 0 Å². The molecule has 17 heavy (non-hydrogen) atoms. The van der Waals surface area contributed by atoms with Crippen molar-refractivity contribution in [2.45, 2.75) is 12.5 Å². The molecule has 5 nitrogen and oxygen atoms in total. The molecular formula is C12H15N3O2. The molecule has 2 N–H and O–H groups in total. The van der Waals surface area contributed by atoms with Gasteiger partial charge in [0.15, 0.2) is 5.82 Å². The fourth-order valence-electron chi connectivity index (χ4n) is 1.49. The lowest BCUT2D eigenvalue weighted by molar-refractivity contribution is 0.199. The minimum Gasteiger partial charge on any atom is -0.384 e. The summed E-state index contributed by atoms with van der Waals surface area (Å²) in [5.74, 6) is 1.05. The Bertz CT molecular complexity index is 456. The van der Waals surface area contributed by atoms with Crippen LogP contribution < -0.4 is 5.73 Å². The summed E-state index contributed by atoms with van der Waals surface area (Å²) in [5.41, 5.74) is 6.98. The van der Waals surface area contributed by atoms with E-state index in [2.05, 4.69) is 10.1 Å². The number of methoxy groups -OCH3 is 1. The third-order valence-electron chi connectivity index (χ3n) is 2.44. The molecular weight excluding hydrogens is 218 g/mol. The zero-order chi connectivity index (χ0) is 12.1. The van der Waals surface area contributed by atoms with Gasteiger partial charge in [-0.05, 0) is 5.56 Å². The lowest BCUT2D eigenvalue weighted by atomic mass is 10.1. The lowest BCUT2D eigenvalue weighted by Gasteiger charge is -2.05. The maximum absolute atomic E-state index is 6.03. The first-order valence-corrected chi connectivity index (χ1v) is 5.43. The number of rotatable bonds is 5. The minimum absolute atomic E-state index is 0.375. The molecule has 0 bridgehead atoms. The number of ether oxygens (including phenoxy) is 1. The number of hydrogen-bond donors (Lipinski definition) is 1. The minimum atomic E-state index is -0.375. The zero-order valence-corrected chi connectivity index (χ0v) is 9.67. The van der Waals surface area contributed by atoms with E-state index in [0.29, 0.717) is 24.7 Å². The van der Waals surface area contributed by atoms with Gasteiger partial charge in [0.05, 0.1) is 6.61 Å². The summed E-state index contributed by atoms with van der Waals surface area (Å²) in [5, 5.41) is 3.85. The summed E-state index contributed by atoms with van der Waals surface area (Å²) in [6.07, 6.45) is 0.626. The molecule has 0 amide bonds. The van der Waals surface area contributed by atoms with Crippen molar-refractivity contribution in [3.05, 3.63) is 47.6 Å². The van der Waals surface area contributed by atoms with Crippen molar-refractivity contribution in [1.82, 2.24) is 10.1 Å². The van der Waals surface area contributed by atoms with Crippen LogP contribution in [0.4, 0.5) is 0 Å². The van der Waals surface area contributed by atoms with Gasteiger partial charge in [0, 0.05) is 13.5 Å². The van der Waals surface area contributed by atoms with Crippen molar-refractivity contribution in [1.29, 1.82) is 0 Å². The average Bonchev–Trinajstić information content (AvgIpc) is 2.85. The first kappa shape index (κ1) is 11.8. The van der Waals surface area contributed by atoms with Crippen molar-refractivity contribution in [3.8, 4) is 0 Å². The monoisotopic (exact) mass is 233 g/mol. The molecule has 0 radical (unpaired) electrons. The van der Waals surface area contributed by atoms with Crippen LogP contribution in [-0.2, 0) is 11.2 Å². The van der Waals surface area contributed by atoms with Crippen LogP contribution in [0.25, 0.3) is 0 Å². The van der Waals surface area contributed by atoms with Crippen molar-refractivity contribution in [3.63, 3.8) is 0 Å². The summed E-state index contributed by atoms with van der Waals surface area (Å²) in [6.45, 7) is 0.569. The van der Waals surface area contributed by atoms with E-state index in [1.165, 1.54) is 0 Å². The third kappa shape index (κ3) is 2.89. The first-order valence-electron chi connectivity index (χ1n) is 5.43. The number of benzene rings is 1. The summed E-state index contributed by atoms with van der Waals surface area (Å²) in [4.78, 5) is 4.24. The predicted molar refractivity (Wildman–Crippen MR) is 62.4 cm³/mol. The van der Waals surface area contributed by atoms with Gasteiger partial charge in [0.2, 0.25) is 5.89 Å². The molecule has 0 aliphatic carbocycles. The Labute approximate surface area is 99.6 Å². The van der Waals surface area contributed by atoms with E-state index >= 15 is 0 Å². The van der Waals surface area contributed by atoms with Crippen LogP contribution in [0.3, 0.4) is 0 Å². The molecule has 1 aromatic carbocycles. The maximum atomic E-state index is 6.03. The average molecular weight is 233 g/mol. The summed E-state index contributed by atoms with van der Waals surface area (Å²) >= 11 is 0. The van der Waals surface area contributed by atoms with E-state index in [1.807, 2.05) is 30.3 Å². The molecule has 90 valence electrons. The van der Waals surface area contributed by atoms with Gasteiger partial charge in [-0.2, -0.15) is 4.98 Å². The molecule has 0 saturated heterocycles. The topological polar surface area (TPSA) is 74.2 Å². The van der Waals surface area contributed by atoms with Crippen molar-refractivity contribution in [2.24, 2.45) is 5.73 Å². The standard InChI is InChI=1S/C12H15N3O2/c1-16-8-7-10-14-12(17-15-10)11(13)9-5-3-2-4-6-9/h2-6,11H,7-8,13H2,1H3/t11-/m0/s1. The Kier molecular flexibility index (Phi) is 3.85. The number of aromatic nitrogens is 2. The quantitative estimate of drug-likeness (QED) is 0.842. The molecule has 0 spiro atoms. The van der Waals surface area contributed by atoms with Crippen LogP contribution in [0, 0.1) is 0 Å². The molecule has 2 rings (SSSR count). The van der Waals surface area contributed by atoms with E-state index in [4.69, 9.17) is 15.0 Å². The van der Waals surface area contributed by atoms with Gasteiger partial charge in [-0.25, -0.2) is 0 Å². The molecule has 5 heteroatoms. The number of nitrogens with zero attached hydrogens (tertiary/aromatic N) is 2. The van der Waals surface area contributed by atoms with Crippen LogP contribution in [0.5, 0.6) is 0 Å². The van der Waals surface area contributed by atoms with E-state index in [9.17, 15) is 0 Å². The molecule has 1 atom stereocenters. The Morgan fingerprint density at radius 1 is 1.35 bits per heavy atom. The second-order valence-electron chi connectivity index (χ2n) is 3.68.